The Kier molecular flexibility index (Phi) is 6.15. The highest BCUT2D eigenvalue weighted by Gasteiger charge is 2.62. The number of amides is 1. The van der Waals surface area contributed by atoms with Crippen molar-refractivity contribution in [2.45, 2.75) is 37.5 Å². The summed E-state index contributed by atoms with van der Waals surface area (Å²) in [5.74, 6) is -6.60. The molecule has 0 unspecified atom stereocenters. The summed E-state index contributed by atoms with van der Waals surface area (Å²) in [6.45, 7) is -3.48. The van der Waals surface area contributed by atoms with E-state index >= 15 is 0 Å². The van der Waals surface area contributed by atoms with E-state index in [-0.39, 0.29) is 22.3 Å². The molecular weight excluding hydrogens is 511 g/mol. The molecule has 2 N–H and O–H groups in total. The Bertz CT molecular complexity index is 1270. The molecule has 3 aromatic rings. The van der Waals surface area contributed by atoms with E-state index in [1.165, 1.54) is 23.8 Å². The van der Waals surface area contributed by atoms with Crippen molar-refractivity contribution in [1.29, 1.82) is 0 Å². The van der Waals surface area contributed by atoms with Crippen LogP contribution >= 0.6 is 11.6 Å². The monoisotopic (exact) mass is 525 g/mol. The third-order valence-corrected chi connectivity index (χ3v) is 5.35. The van der Waals surface area contributed by atoms with Crippen molar-refractivity contribution < 1.29 is 35.5 Å². The van der Waals surface area contributed by atoms with Crippen molar-refractivity contribution in [1.82, 2.24) is 29.9 Å². The zero-order valence-corrected chi connectivity index (χ0v) is 18.3. The Labute approximate surface area is 197 Å². The zero-order chi connectivity index (χ0) is 25.7. The molecule has 0 aromatic carbocycles. The van der Waals surface area contributed by atoms with Crippen LogP contribution in [0.2, 0.25) is 5.15 Å². The number of anilines is 1. The number of hydrogen-bond donors (Lipinski definition) is 2. The maximum Gasteiger partial charge on any atom is 0.459 e. The van der Waals surface area contributed by atoms with Crippen LogP contribution in [0.25, 0.3) is 16.9 Å². The average Bonchev–Trinajstić information content (AvgIpc) is 3.32. The highest BCUT2D eigenvalue weighted by molar-refractivity contribution is 6.32. The van der Waals surface area contributed by atoms with Gasteiger partial charge in [-0.05, 0) is 18.9 Å². The number of carbonyl (C=O) groups is 1. The molecule has 8 nitrogen and oxygen atoms in total. The van der Waals surface area contributed by atoms with E-state index in [9.17, 15) is 35.5 Å². The van der Waals surface area contributed by atoms with Gasteiger partial charge in [0.15, 0.2) is 11.5 Å². The molecule has 1 aliphatic rings. The first-order valence-corrected chi connectivity index (χ1v) is 10.3. The number of nitrogens with one attached hydrogen (secondary N) is 2. The van der Waals surface area contributed by atoms with Gasteiger partial charge >= 0.3 is 18.6 Å². The van der Waals surface area contributed by atoms with Crippen molar-refractivity contribution >= 4 is 23.2 Å². The van der Waals surface area contributed by atoms with Crippen LogP contribution in [0.5, 0.6) is 0 Å². The second-order valence-electron chi connectivity index (χ2n) is 7.67. The molecule has 35 heavy (non-hydrogen) atoms. The maximum absolute atomic E-state index is 14.0. The van der Waals surface area contributed by atoms with Gasteiger partial charge in [0, 0.05) is 36.6 Å². The van der Waals surface area contributed by atoms with Crippen LogP contribution in [0.4, 0.5) is 36.4 Å². The standard InChI is InChI=1S/C19H15ClF7N7O/c1-33-16(12(31-17(21)22)13(32-33)18(23,24)19(25,26)27)34-7-9(6-29-34)8-4-11(14(20)28-5-8)15(35)30-10-2-3-10/h4-7,10,17,31H,2-3H2,1H3,(H,30,35). The second-order valence-corrected chi connectivity index (χ2v) is 8.03. The number of nitrogens with zero attached hydrogens (tertiary/aromatic N) is 5. The first kappa shape index (κ1) is 24.8. The number of aromatic nitrogens is 5. The van der Waals surface area contributed by atoms with Crippen molar-refractivity contribution in [2.75, 3.05) is 5.32 Å². The zero-order valence-electron chi connectivity index (χ0n) is 17.5. The van der Waals surface area contributed by atoms with Crippen LogP contribution in [0.3, 0.4) is 0 Å². The summed E-state index contributed by atoms with van der Waals surface area (Å²) >= 11 is 6.01. The number of pyridine rings is 1. The van der Waals surface area contributed by atoms with Gasteiger partial charge in [-0.2, -0.15) is 40.9 Å². The highest BCUT2D eigenvalue weighted by atomic mass is 35.5. The van der Waals surface area contributed by atoms with Crippen LogP contribution < -0.4 is 10.6 Å². The topological polar surface area (TPSA) is 89.7 Å². The Morgan fingerprint density at radius 2 is 1.86 bits per heavy atom. The van der Waals surface area contributed by atoms with E-state index in [0.717, 1.165) is 30.8 Å². The molecule has 1 saturated carbocycles. The Morgan fingerprint density at radius 3 is 2.46 bits per heavy atom. The number of halogens is 8. The molecule has 0 bridgehead atoms. The van der Waals surface area contributed by atoms with Gasteiger partial charge in [-0.15, -0.1) is 0 Å². The number of rotatable bonds is 7. The van der Waals surface area contributed by atoms with Crippen molar-refractivity contribution in [3.63, 3.8) is 0 Å². The van der Waals surface area contributed by atoms with E-state index in [1.807, 2.05) is 0 Å². The first-order chi connectivity index (χ1) is 16.3. The Hall–Kier alpha value is -3.36. The van der Waals surface area contributed by atoms with E-state index in [1.54, 1.807) is 0 Å². The summed E-state index contributed by atoms with van der Waals surface area (Å²) in [4.78, 5) is 16.3. The molecule has 0 atom stereocenters. The van der Waals surface area contributed by atoms with Gasteiger partial charge in [0.25, 0.3) is 5.91 Å². The molecule has 1 fully saturated rings. The smallest absolute Gasteiger partial charge is 0.349 e. The fourth-order valence-corrected chi connectivity index (χ4v) is 3.41. The first-order valence-electron chi connectivity index (χ1n) is 9.88. The largest absolute Gasteiger partial charge is 0.459 e. The minimum absolute atomic E-state index is 0.0413. The molecule has 0 radical (unpaired) electrons. The lowest BCUT2D eigenvalue weighted by Crippen LogP contribution is -2.35. The van der Waals surface area contributed by atoms with Crippen molar-refractivity contribution in [2.24, 2.45) is 7.05 Å². The molecule has 16 heteroatoms. The molecule has 0 spiro atoms. The lowest BCUT2D eigenvalue weighted by atomic mass is 10.1. The van der Waals surface area contributed by atoms with Gasteiger partial charge in [0.05, 0.1) is 11.8 Å². The minimum Gasteiger partial charge on any atom is -0.349 e. The lowest BCUT2D eigenvalue weighted by Gasteiger charge is -2.19. The molecule has 4 rings (SSSR count). The normalized spacial score (nSPS) is 14.5. The molecular formula is C19H15ClF7N7O. The van der Waals surface area contributed by atoms with Crippen LogP contribution in [0.1, 0.15) is 28.9 Å². The van der Waals surface area contributed by atoms with Crippen LogP contribution in [0.15, 0.2) is 24.7 Å². The second kappa shape index (κ2) is 8.70. The molecule has 3 heterocycles. The molecule has 1 aliphatic carbocycles. The molecule has 188 valence electrons. The number of alkyl halides is 7. The van der Waals surface area contributed by atoms with Gasteiger partial charge in [0.2, 0.25) is 0 Å². The fourth-order valence-electron chi connectivity index (χ4n) is 3.22. The van der Waals surface area contributed by atoms with E-state index in [4.69, 9.17) is 11.6 Å². The van der Waals surface area contributed by atoms with Gasteiger partial charge in [-0.3, -0.25) is 4.79 Å². The summed E-state index contributed by atoms with van der Waals surface area (Å²) in [7, 11) is 0.994. The predicted octanol–water partition coefficient (Wildman–Crippen LogP) is 4.50. The van der Waals surface area contributed by atoms with Gasteiger partial charge < -0.3 is 10.6 Å². The van der Waals surface area contributed by atoms with Gasteiger partial charge in [0.1, 0.15) is 10.8 Å². The lowest BCUT2D eigenvalue weighted by molar-refractivity contribution is -0.290. The van der Waals surface area contributed by atoms with Gasteiger partial charge in [-0.1, -0.05) is 11.6 Å². The maximum atomic E-state index is 14.0. The third kappa shape index (κ3) is 4.76. The summed E-state index contributed by atoms with van der Waals surface area (Å²) in [5.41, 5.74) is -2.60. The van der Waals surface area contributed by atoms with Crippen molar-refractivity contribution in [3.8, 4) is 16.9 Å². The molecule has 0 saturated heterocycles. The average molecular weight is 526 g/mol. The van der Waals surface area contributed by atoms with Crippen LogP contribution in [0, 0.1) is 0 Å². The van der Waals surface area contributed by atoms with Crippen molar-refractivity contribution in [3.05, 3.63) is 41.1 Å². The Balaban J connectivity index is 1.75. The SMILES string of the molecule is Cn1nc(C(F)(F)C(F)(F)F)c(NC(F)F)c1-n1cc(-c2cnc(Cl)c(C(=O)NC3CC3)c2)cn1. The summed E-state index contributed by atoms with van der Waals surface area (Å²) in [6.07, 6.45) is -0.803. The number of carbonyl (C=O) groups excluding carboxylic acids is 1. The van der Waals surface area contributed by atoms with E-state index < -0.39 is 41.8 Å². The third-order valence-electron chi connectivity index (χ3n) is 5.05. The molecule has 3 aromatic heterocycles. The highest BCUT2D eigenvalue weighted by Crippen LogP contribution is 2.47. The predicted molar refractivity (Wildman–Crippen MR) is 109 cm³/mol. The van der Waals surface area contributed by atoms with E-state index in [2.05, 4.69) is 20.5 Å². The Morgan fingerprint density at radius 1 is 1.17 bits per heavy atom. The molecule has 1 amide bonds. The number of aryl methyl sites for hydroxylation is 1. The van der Waals surface area contributed by atoms with Gasteiger partial charge in [-0.25, -0.2) is 14.3 Å². The van der Waals surface area contributed by atoms with Crippen LogP contribution in [-0.2, 0) is 13.0 Å². The van der Waals surface area contributed by atoms with Crippen LogP contribution in [-0.4, -0.2) is 49.2 Å². The summed E-state index contributed by atoms with van der Waals surface area (Å²) in [6, 6.07) is 1.43. The molecule has 0 aliphatic heterocycles. The van der Waals surface area contributed by atoms with E-state index in [0.29, 0.717) is 10.2 Å². The number of hydrogen-bond acceptors (Lipinski definition) is 5. The quantitative estimate of drug-likeness (QED) is 0.269. The fraction of sp³-hybridized carbons (Fsp3) is 0.368. The summed E-state index contributed by atoms with van der Waals surface area (Å²) in [5, 5.41) is 11.0. The minimum atomic E-state index is -6.08. The summed E-state index contributed by atoms with van der Waals surface area (Å²) < 4.78 is 94.3.